The van der Waals surface area contributed by atoms with Crippen molar-refractivity contribution in [2.24, 2.45) is 12.8 Å². The number of carbonyl (C=O) groups is 1. The van der Waals surface area contributed by atoms with Crippen LogP contribution in [0.25, 0.3) is 0 Å². The van der Waals surface area contributed by atoms with Crippen LogP contribution in [-0.4, -0.2) is 37.4 Å². The quantitative estimate of drug-likeness (QED) is 0.740. The number of rotatable bonds is 6. The molecule has 0 aliphatic rings. The molecule has 0 spiro atoms. The number of hydrogen-bond donors (Lipinski definition) is 1. The minimum absolute atomic E-state index is 0.187. The van der Waals surface area contributed by atoms with E-state index in [4.69, 9.17) is 10.5 Å². The van der Waals surface area contributed by atoms with Crippen LogP contribution in [-0.2, 0) is 31.3 Å². The summed E-state index contributed by atoms with van der Waals surface area (Å²) in [4.78, 5) is 11.7. The molecule has 2 aromatic rings. The molecule has 0 saturated heterocycles. The van der Waals surface area contributed by atoms with Gasteiger partial charge in [-0.25, -0.2) is 9.48 Å². The minimum atomic E-state index is -0.486. The summed E-state index contributed by atoms with van der Waals surface area (Å²) in [6.07, 6.45) is 2.47. The van der Waals surface area contributed by atoms with Gasteiger partial charge in [-0.1, -0.05) is 5.21 Å². The van der Waals surface area contributed by atoms with Crippen molar-refractivity contribution < 1.29 is 9.53 Å². The Kier molecular flexibility index (Phi) is 4.46. The largest absolute Gasteiger partial charge is 0.461 e. The minimum Gasteiger partial charge on any atom is -0.461 e. The fourth-order valence-electron chi connectivity index (χ4n) is 1.94. The van der Waals surface area contributed by atoms with Crippen molar-refractivity contribution in [1.29, 1.82) is 0 Å². The van der Waals surface area contributed by atoms with Crippen molar-refractivity contribution in [2.75, 3.05) is 6.61 Å². The van der Waals surface area contributed by atoms with Gasteiger partial charge in [-0.05, 0) is 13.0 Å². The van der Waals surface area contributed by atoms with Crippen molar-refractivity contribution >= 4 is 5.97 Å². The molecule has 2 heterocycles. The Balaban J connectivity index is 2.12. The van der Waals surface area contributed by atoms with E-state index in [9.17, 15) is 4.79 Å². The first-order valence-electron chi connectivity index (χ1n) is 6.43. The van der Waals surface area contributed by atoms with E-state index in [0.29, 0.717) is 18.8 Å². The number of aryl methyl sites for hydroxylation is 3. The molecule has 8 nitrogen and oxygen atoms in total. The molecule has 8 heteroatoms. The van der Waals surface area contributed by atoms with Crippen LogP contribution >= 0.6 is 0 Å². The molecule has 20 heavy (non-hydrogen) atoms. The Morgan fingerprint density at radius 1 is 1.50 bits per heavy atom. The number of hydrogen-bond acceptors (Lipinski definition) is 6. The van der Waals surface area contributed by atoms with Gasteiger partial charge in [0, 0.05) is 38.4 Å². The van der Waals surface area contributed by atoms with Gasteiger partial charge in [0.2, 0.25) is 0 Å². The van der Waals surface area contributed by atoms with Gasteiger partial charge in [0.05, 0.1) is 12.3 Å². The van der Waals surface area contributed by atoms with Gasteiger partial charge in [-0.15, -0.1) is 5.10 Å². The van der Waals surface area contributed by atoms with Crippen LogP contribution in [0.4, 0.5) is 0 Å². The summed E-state index contributed by atoms with van der Waals surface area (Å²) in [5.41, 5.74) is 7.54. The van der Waals surface area contributed by atoms with Crippen LogP contribution in [0.3, 0.4) is 0 Å². The molecular weight excluding hydrogens is 260 g/mol. The third kappa shape index (κ3) is 2.85. The van der Waals surface area contributed by atoms with Crippen molar-refractivity contribution in [3.05, 3.63) is 29.3 Å². The standard InChI is InChI=1S/C12H18N6O2/c1-3-20-12(19)11-10(8-13)18(16-15-11)7-5-9-4-6-14-17(9)2/h4,6H,3,5,7-8,13H2,1-2H3. The number of esters is 1. The molecule has 0 aliphatic carbocycles. The Morgan fingerprint density at radius 3 is 2.90 bits per heavy atom. The highest BCUT2D eigenvalue weighted by atomic mass is 16.5. The first-order chi connectivity index (χ1) is 9.67. The third-order valence-electron chi connectivity index (χ3n) is 3.00. The number of ether oxygens (including phenoxy) is 1. The molecule has 0 aromatic carbocycles. The zero-order chi connectivity index (χ0) is 14.5. The fourth-order valence-corrected chi connectivity index (χ4v) is 1.94. The average molecular weight is 278 g/mol. The fraction of sp³-hybridized carbons (Fsp3) is 0.500. The number of nitrogens with zero attached hydrogens (tertiary/aromatic N) is 5. The summed E-state index contributed by atoms with van der Waals surface area (Å²) in [5.74, 6) is -0.486. The van der Waals surface area contributed by atoms with Gasteiger partial charge in [0.15, 0.2) is 5.69 Å². The van der Waals surface area contributed by atoms with Crippen molar-refractivity contribution in [3.63, 3.8) is 0 Å². The second-order valence-electron chi connectivity index (χ2n) is 4.23. The zero-order valence-electron chi connectivity index (χ0n) is 11.6. The summed E-state index contributed by atoms with van der Waals surface area (Å²) < 4.78 is 8.36. The molecule has 0 atom stereocenters. The highest BCUT2D eigenvalue weighted by Crippen LogP contribution is 2.08. The van der Waals surface area contributed by atoms with Crippen LogP contribution in [0.15, 0.2) is 12.3 Å². The van der Waals surface area contributed by atoms with E-state index in [1.165, 1.54) is 0 Å². The van der Waals surface area contributed by atoms with Gasteiger partial charge in [-0.2, -0.15) is 5.10 Å². The molecule has 0 fully saturated rings. The van der Waals surface area contributed by atoms with E-state index in [1.54, 1.807) is 22.5 Å². The lowest BCUT2D eigenvalue weighted by Crippen LogP contribution is -2.15. The van der Waals surface area contributed by atoms with E-state index < -0.39 is 5.97 Å². The smallest absolute Gasteiger partial charge is 0.360 e. The molecule has 2 aromatic heterocycles. The van der Waals surface area contributed by atoms with Crippen LogP contribution in [0.1, 0.15) is 28.8 Å². The highest BCUT2D eigenvalue weighted by molar-refractivity contribution is 5.88. The molecule has 0 amide bonds. The van der Waals surface area contributed by atoms with Gasteiger partial charge in [0.25, 0.3) is 0 Å². The zero-order valence-corrected chi connectivity index (χ0v) is 11.6. The van der Waals surface area contributed by atoms with E-state index >= 15 is 0 Å². The Labute approximate surface area is 116 Å². The molecule has 0 unspecified atom stereocenters. The molecule has 2 N–H and O–H groups in total. The van der Waals surface area contributed by atoms with Crippen LogP contribution < -0.4 is 5.73 Å². The van der Waals surface area contributed by atoms with E-state index in [0.717, 1.165) is 12.1 Å². The lowest BCUT2D eigenvalue weighted by atomic mass is 10.3. The van der Waals surface area contributed by atoms with Crippen LogP contribution in [0.5, 0.6) is 0 Å². The van der Waals surface area contributed by atoms with Crippen LogP contribution in [0.2, 0.25) is 0 Å². The Morgan fingerprint density at radius 2 is 2.30 bits per heavy atom. The van der Waals surface area contributed by atoms with Gasteiger partial charge in [-0.3, -0.25) is 4.68 Å². The second kappa shape index (κ2) is 6.29. The number of aromatic nitrogens is 5. The topological polar surface area (TPSA) is 101 Å². The Bertz CT molecular complexity index is 589. The molecule has 108 valence electrons. The summed E-state index contributed by atoms with van der Waals surface area (Å²) in [6, 6.07) is 1.94. The lowest BCUT2D eigenvalue weighted by Gasteiger charge is -2.06. The van der Waals surface area contributed by atoms with Crippen molar-refractivity contribution in [3.8, 4) is 0 Å². The molecule has 2 rings (SSSR count). The van der Waals surface area contributed by atoms with Crippen LogP contribution in [0, 0.1) is 0 Å². The highest BCUT2D eigenvalue weighted by Gasteiger charge is 2.19. The second-order valence-corrected chi connectivity index (χ2v) is 4.23. The number of carbonyl (C=O) groups excluding carboxylic acids is 1. The Hall–Kier alpha value is -2.22. The predicted octanol–water partition coefficient (Wildman–Crippen LogP) is -0.110. The summed E-state index contributed by atoms with van der Waals surface area (Å²) in [5, 5.41) is 11.9. The summed E-state index contributed by atoms with van der Waals surface area (Å²) >= 11 is 0. The average Bonchev–Trinajstić information content (AvgIpc) is 3.02. The maximum atomic E-state index is 11.7. The molecule has 0 aliphatic heterocycles. The monoisotopic (exact) mass is 278 g/mol. The molecule has 0 saturated carbocycles. The molecule has 0 radical (unpaired) electrons. The molecule has 0 bridgehead atoms. The van der Waals surface area contributed by atoms with Gasteiger partial charge < -0.3 is 10.5 Å². The molecular formula is C12H18N6O2. The maximum absolute atomic E-state index is 11.7. The van der Waals surface area contributed by atoms with Gasteiger partial charge >= 0.3 is 5.97 Å². The lowest BCUT2D eigenvalue weighted by molar-refractivity contribution is 0.0518. The first-order valence-corrected chi connectivity index (χ1v) is 6.43. The van der Waals surface area contributed by atoms with E-state index in [1.807, 2.05) is 13.1 Å². The van der Waals surface area contributed by atoms with E-state index in [2.05, 4.69) is 15.4 Å². The normalized spacial score (nSPS) is 10.8. The third-order valence-corrected chi connectivity index (χ3v) is 3.00. The van der Waals surface area contributed by atoms with E-state index in [-0.39, 0.29) is 12.2 Å². The number of nitrogens with two attached hydrogens (primary N) is 1. The van der Waals surface area contributed by atoms with Gasteiger partial charge in [0.1, 0.15) is 0 Å². The SMILES string of the molecule is CCOC(=O)c1nnn(CCc2ccnn2C)c1CN. The first kappa shape index (κ1) is 14.2. The predicted molar refractivity (Wildman–Crippen MR) is 70.8 cm³/mol. The van der Waals surface area contributed by atoms with Crippen molar-refractivity contribution in [1.82, 2.24) is 24.8 Å². The summed E-state index contributed by atoms with van der Waals surface area (Å²) in [6.45, 7) is 2.81. The maximum Gasteiger partial charge on any atom is 0.360 e. The summed E-state index contributed by atoms with van der Waals surface area (Å²) in [7, 11) is 1.88. The van der Waals surface area contributed by atoms with Crippen molar-refractivity contribution in [2.45, 2.75) is 26.4 Å².